The SMILES string of the molecule is N#Cc1ccc(-c2c(N)nc3ccc(OC4CCOCC4)nn23)cc1. The zero-order valence-electron chi connectivity index (χ0n) is 13.6. The molecule has 7 heteroatoms. The van der Waals surface area contributed by atoms with E-state index in [1.54, 1.807) is 22.7 Å². The third kappa shape index (κ3) is 2.99. The molecule has 0 spiro atoms. The van der Waals surface area contributed by atoms with E-state index >= 15 is 0 Å². The fourth-order valence-electron chi connectivity index (χ4n) is 2.93. The molecular weight excluding hydrogens is 318 g/mol. The predicted molar refractivity (Wildman–Crippen MR) is 92.0 cm³/mol. The number of benzene rings is 1. The molecule has 126 valence electrons. The van der Waals surface area contributed by atoms with Gasteiger partial charge in [-0.25, -0.2) is 9.50 Å². The van der Waals surface area contributed by atoms with Gasteiger partial charge >= 0.3 is 0 Å². The summed E-state index contributed by atoms with van der Waals surface area (Å²) in [7, 11) is 0. The first kappa shape index (κ1) is 15.4. The van der Waals surface area contributed by atoms with E-state index in [0.717, 1.165) is 18.4 Å². The number of rotatable bonds is 3. The predicted octanol–water partition coefficient (Wildman–Crippen LogP) is 2.41. The minimum atomic E-state index is 0.109. The van der Waals surface area contributed by atoms with Crippen molar-refractivity contribution >= 4 is 11.5 Å². The fourth-order valence-corrected chi connectivity index (χ4v) is 2.93. The molecule has 0 radical (unpaired) electrons. The van der Waals surface area contributed by atoms with E-state index in [2.05, 4.69) is 16.2 Å². The lowest BCUT2D eigenvalue weighted by molar-refractivity contribution is 0.0233. The smallest absolute Gasteiger partial charge is 0.232 e. The van der Waals surface area contributed by atoms with Crippen molar-refractivity contribution in [2.75, 3.05) is 18.9 Å². The Morgan fingerprint density at radius 2 is 1.92 bits per heavy atom. The molecule has 0 amide bonds. The van der Waals surface area contributed by atoms with Crippen molar-refractivity contribution in [1.82, 2.24) is 14.6 Å². The summed E-state index contributed by atoms with van der Waals surface area (Å²) in [5.41, 5.74) is 8.87. The van der Waals surface area contributed by atoms with Gasteiger partial charge in [0.2, 0.25) is 5.88 Å². The van der Waals surface area contributed by atoms with Crippen molar-refractivity contribution in [3.8, 4) is 23.2 Å². The maximum Gasteiger partial charge on any atom is 0.232 e. The van der Waals surface area contributed by atoms with Crippen LogP contribution in [0.15, 0.2) is 36.4 Å². The Morgan fingerprint density at radius 1 is 1.16 bits per heavy atom. The number of ether oxygens (including phenoxy) is 2. The molecule has 0 unspecified atom stereocenters. The van der Waals surface area contributed by atoms with E-state index < -0.39 is 0 Å². The second kappa shape index (κ2) is 6.42. The van der Waals surface area contributed by atoms with Crippen LogP contribution in [0.3, 0.4) is 0 Å². The highest BCUT2D eigenvalue weighted by atomic mass is 16.5. The van der Waals surface area contributed by atoms with E-state index in [0.29, 0.717) is 41.8 Å². The van der Waals surface area contributed by atoms with Gasteiger partial charge in [0.1, 0.15) is 11.8 Å². The first-order chi connectivity index (χ1) is 12.2. The summed E-state index contributed by atoms with van der Waals surface area (Å²) in [5.74, 6) is 0.923. The summed E-state index contributed by atoms with van der Waals surface area (Å²) in [4.78, 5) is 4.36. The highest BCUT2D eigenvalue weighted by Crippen LogP contribution is 2.28. The molecule has 7 nitrogen and oxygen atoms in total. The molecule has 2 N–H and O–H groups in total. The third-order valence-electron chi connectivity index (χ3n) is 4.22. The number of nitriles is 1. The number of aromatic nitrogens is 3. The Labute approximate surface area is 144 Å². The van der Waals surface area contributed by atoms with Crippen LogP contribution in [0.25, 0.3) is 16.9 Å². The van der Waals surface area contributed by atoms with Crippen LogP contribution in [-0.4, -0.2) is 33.9 Å². The summed E-state index contributed by atoms with van der Waals surface area (Å²) in [6.45, 7) is 1.42. The van der Waals surface area contributed by atoms with Gasteiger partial charge in [-0.2, -0.15) is 5.26 Å². The van der Waals surface area contributed by atoms with Crippen molar-refractivity contribution in [3.05, 3.63) is 42.0 Å². The zero-order chi connectivity index (χ0) is 17.2. The second-order valence-corrected chi connectivity index (χ2v) is 5.91. The van der Waals surface area contributed by atoms with Crippen LogP contribution in [0, 0.1) is 11.3 Å². The highest BCUT2D eigenvalue weighted by molar-refractivity contribution is 5.75. The van der Waals surface area contributed by atoms with Gasteiger partial charge in [-0.05, 0) is 18.2 Å². The Kier molecular flexibility index (Phi) is 3.96. The zero-order valence-corrected chi connectivity index (χ0v) is 13.6. The van der Waals surface area contributed by atoms with Crippen LogP contribution in [0.1, 0.15) is 18.4 Å². The van der Waals surface area contributed by atoms with Crippen molar-refractivity contribution in [2.45, 2.75) is 18.9 Å². The number of imidazole rings is 1. The first-order valence-corrected chi connectivity index (χ1v) is 8.15. The molecule has 1 aliphatic rings. The summed E-state index contributed by atoms with van der Waals surface area (Å²) < 4.78 is 13.0. The van der Waals surface area contributed by atoms with Crippen LogP contribution >= 0.6 is 0 Å². The van der Waals surface area contributed by atoms with E-state index in [1.165, 1.54) is 0 Å². The molecule has 1 saturated heterocycles. The standard InChI is InChI=1S/C18H17N5O2/c19-11-12-1-3-13(4-2-12)17-18(20)21-15-5-6-16(22-23(15)17)25-14-7-9-24-10-8-14/h1-6,14H,7-10,20H2. The van der Waals surface area contributed by atoms with E-state index in [1.807, 2.05) is 18.2 Å². The number of nitrogens with zero attached hydrogens (tertiary/aromatic N) is 4. The molecule has 4 rings (SSSR count). The molecule has 1 aliphatic heterocycles. The van der Waals surface area contributed by atoms with Crippen LogP contribution in [0.5, 0.6) is 5.88 Å². The normalized spacial score (nSPS) is 15.2. The lowest BCUT2D eigenvalue weighted by Gasteiger charge is -2.22. The van der Waals surface area contributed by atoms with Gasteiger partial charge in [-0.1, -0.05) is 12.1 Å². The Morgan fingerprint density at radius 3 is 2.64 bits per heavy atom. The molecule has 0 atom stereocenters. The Balaban J connectivity index is 1.71. The molecule has 25 heavy (non-hydrogen) atoms. The largest absolute Gasteiger partial charge is 0.473 e. The molecule has 3 heterocycles. The molecule has 0 aliphatic carbocycles. The van der Waals surface area contributed by atoms with Crippen molar-refractivity contribution < 1.29 is 9.47 Å². The summed E-state index contributed by atoms with van der Waals surface area (Å²) >= 11 is 0. The molecule has 1 aromatic carbocycles. The van der Waals surface area contributed by atoms with Gasteiger partial charge in [0.15, 0.2) is 11.5 Å². The third-order valence-corrected chi connectivity index (χ3v) is 4.22. The molecule has 0 saturated carbocycles. The number of nitrogens with two attached hydrogens (primary N) is 1. The summed E-state index contributed by atoms with van der Waals surface area (Å²) in [6, 6.07) is 12.9. The molecule has 0 bridgehead atoms. The van der Waals surface area contributed by atoms with Gasteiger partial charge in [-0.3, -0.25) is 0 Å². The number of anilines is 1. The topological polar surface area (TPSA) is 98.5 Å². The first-order valence-electron chi connectivity index (χ1n) is 8.15. The van der Waals surface area contributed by atoms with Gasteiger partial charge < -0.3 is 15.2 Å². The molecule has 1 fully saturated rings. The number of fused-ring (bicyclic) bond motifs is 1. The Hall–Kier alpha value is -3.11. The highest BCUT2D eigenvalue weighted by Gasteiger charge is 2.18. The average Bonchev–Trinajstić information content (AvgIpc) is 2.98. The maximum atomic E-state index is 8.95. The van der Waals surface area contributed by atoms with Crippen LogP contribution in [-0.2, 0) is 4.74 Å². The van der Waals surface area contributed by atoms with Crippen LogP contribution in [0.4, 0.5) is 5.82 Å². The lowest BCUT2D eigenvalue weighted by atomic mass is 10.1. The monoisotopic (exact) mass is 335 g/mol. The fraction of sp³-hybridized carbons (Fsp3) is 0.278. The Bertz CT molecular complexity index is 936. The van der Waals surface area contributed by atoms with Crippen molar-refractivity contribution in [2.24, 2.45) is 0 Å². The van der Waals surface area contributed by atoms with Gasteiger partial charge in [0.05, 0.1) is 24.8 Å². The molecule has 2 aromatic heterocycles. The van der Waals surface area contributed by atoms with E-state index in [4.69, 9.17) is 20.5 Å². The summed E-state index contributed by atoms with van der Waals surface area (Å²) in [5, 5.41) is 13.5. The van der Waals surface area contributed by atoms with Gasteiger partial charge in [-0.15, -0.1) is 5.10 Å². The average molecular weight is 335 g/mol. The second-order valence-electron chi connectivity index (χ2n) is 5.91. The number of hydrogen-bond acceptors (Lipinski definition) is 6. The quantitative estimate of drug-likeness (QED) is 0.789. The molecule has 3 aromatic rings. The van der Waals surface area contributed by atoms with Crippen LogP contribution < -0.4 is 10.5 Å². The summed E-state index contributed by atoms with van der Waals surface area (Å²) in [6.07, 6.45) is 1.82. The number of nitrogen functional groups attached to an aromatic ring is 1. The van der Waals surface area contributed by atoms with Gasteiger partial charge in [0, 0.05) is 24.5 Å². The van der Waals surface area contributed by atoms with E-state index in [-0.39, 0.29) is 6.10 Å². The molecular formula is C18H17N5O2. The van der Waals surface area contributed by atoms with Crippen molar-refractivity contribution in [3.63, 3.8) is 0 Å². The van der Waals surface area contributed by atoms with E-state index in [9.17, 15) is 0 Å². The number of hydrogen-bond donors (Lipinski definition) is 1. The van der Waals surface area contributed by atoms with Crippen molar-refractivity contribution in [1.29, 1.82) is 5.26 Å². The van der Waals surface area contributed by atoms with Crippen LogP contribution in [0.2, 0.25) is 0 Å². The minimum absolute atomic E-state index is 0.109. The van der Waals surface area contributed by atoms with Gasteiger partial charge in [0.25, 0.3) is 0 Å². The maximum absolute atomic E-state index is 8.95. The minimum Gasteiger partial charge on any atom is -0.473 e. The lowest BCUT2D eigenvalue weighted by Crippen LogP contribution is -2.26.